The lowest BCUT2D eigenvalue weighted by atomic mass is 10.1. The Morgan fingerprint density at radius 2 is 1.57 bits per heavy atom. The van der Waals surface area contributed by atoms with Crippen LogP contribution in [0.5, 0.6) is 11.5 Å². The van der Waals surface area contributed by atoms with Crippen molar-refractivity contribution in [1.29, 1.82) is 0 Å². The summed E-state index contributed by atoms with van der Waals surface area (Å²) >= 11 is 7.52. The van der Waals surface area contributed by atoms with Gasteiger partial charge >= 0.3 is 0 Å². The number of benzene rings is 3. The highest BCUT2D eigenvalue weighted by atomic mass is 35.5. The second-order valence-corrected chi connectivity index (χ2v) is 10.0. The number of nitrogens with zero attached hydrogens (tertiary/aromatic N) is 2. The highest BCUT2D eigenvalue weighted by molar-refractivity contribution is 8.19. The molecular formula is C28H27ClN2O3S. The van der Waals surface area contributed by atoms with Crippen molar-refractivity contribution in [3.63, 3.8) is 0 Å². The molecule has 7 heteroatoms. The van der Waals surface area contributed by atoms with Crippen molar-refractivity contribution in [3.8, 4) is 11.5 Å². The first-order valence-corrected chi connectivity index (χ1v) is 12.5. The highest BCUT2D eigenvalue weighted by Gasteiger charge is 2.35. The molecule has 1 amide bonds. The normalized spacial score (nSPS) is 15.9. The maximum Gasteiger partial charge on any atom is 0.271 e. The third kappa shape index (κ3) is 5.55. The number of amides is 1. The van der Waals surface area contributed by atoms with E-state index in [1.807, 2.05) is 58.9 Å². The quantitative estimate of drug-likeness (QED) is 0.364. The van der Waals surface area contributed by atoms with Gasteiger partial charge in [-0.1, -0.05) is 23.7 Å². The highest BCUT2D eigenvalue weighted by Crippen LogP contribution is 2.40. The van der Waals surface area contributed by atoms with Crippen LogP contribution in [0, 0.1) is 27.7 Å². The summed E-state index contributed by atoms with van der Waals surface area (Å²) in [6.07, 6.45) is 1.75. The molecule has 1 aliphatic heterocycles. The third-order valence-electron chi connectivity index (χ3n) is 5.35. The molecule has 4 rings (SSSR count). The lowest BCUT2D eigenvalue weighted by molar-refractivity contribution is -0.113. The summed E-state index contributed by atoms with van der Waals surface area (Å²) in [5, 5.41) is 10.9. The van der Waals surface area contributed by atoms with Crippen LogP contribution < -0.4 is 9.64 Å². The van der Waals surface area contributed by atoms with Crippen LogP contribution in [0.1, 0.15) is 34.7 Å². The summed E-state index contributed by atoms with van der Waals surface area (Å²) in [7, 11) is 0. The topological polar surface area (TPSA) is 62.1 Å². The number of hydrogen-bond acceptors (Lipinski definition) is 5. The number of aromatic hydroxyl groups is 1. The van der Waals surface area contributed by atoms with Crippen LogP contribution in [-0.2, 0) is 4.79 Å². The van der Waals surface area contributed by atoms with Crippen molar-refractivity contribution in [2.45, 2.75) is 34.6 Å². The zero-order chi connectivity index (χ0) is 25.3. The molecule has 0 aliphatic carbocycles. The number of halogens is 1. The van der Waals surface area contributed by atoms with E-state index < -0.39 is 0 Å². The SMILES string of the molecule is CCOc1cc(C=C2SC(=Nc3cc(C)cc(C)c3)N(c3cc(C)cc(C)c3)C2=O)cc(Cl)c1O. The van der Waals surface area contributed by atoms with E-state index in [0.717, 1.165) is 33.6 Å². The molecule has 5 nitrogen and oxygen atoms in total. The summed E-state index contributed by atoms with van der Waals surface area (Å²) in [4.78, 5) is 20.7. The number of carbonyl (C=O) groups excluding carboxylic acids is 1. The van der Waals surface area contributed by atoms with Gasteiger partial charge in [0.1, 0.15) is 0 Å². The minimum absolute atomic E-state index is 0.116. The molecule has 180 valence electrons. The number of aliphatic imine (C=N–C) groups is 1. The van der Waals surface area contributed by atoms with Crippen LogP contribution in [0.4, 0.5) is 11.4 Å². The predicted octanol–water partition coefficient (Wildman–Crippen LogP) is 7.49. The first kappa shape index (κ1) is 24.9. The van der Waals surface area contributed by atoms with E-state index in [9.17, 15) is 9.90 Å². The van der Waals surface area contributed by atoms with E-state index in [4.69, 9.17) is 21.3 Å². The largest absolute Gasteiger partial charge is 0.503 e. The molecule has 1 aliphatic rings. The summed E-state index contributed by atoms with van der Waals surface area (Å²) in [6.45, 7) is 10.3. The molecule has 0 saturated carbocycles. The average Bonchev–Trinajstić information content (AvgIpc) is 3.04. The number of thioether (sulfide) groups is 1. The summed E-state index contributed by atoms with van der Waals surface area (Å²) in [5.74, 6) is -0.0159. The summed E-state index contributed by atoms with van der Waals surface area (Å²) < 4.78 is 5.50. The number of ether oxygens (including phenoxy) is 1. The zero-order valence-corrected chi connectivity index (χ0v) is 21.9. The monoisotopic (exact) mass is 506 g/mol. The van der Waals surface area contributed by atoms with Crippen LogP contribution in [-0.4, -0.2) is 22.8 Å². The summed E-state index contributed by atoms with van der Waals surface area (Å²) in [6, 6.07) is 15.4. The van der Waals surface area contributed by atoms with Crippen molar-refractivity contribution in [3.05, 3.63) is 86.3 Å². The van der Waals surface area contributed by atoms with Gasteiger partial charge in [-0.2, -0.15) is 0 Å². The van der Waals surface area contributed by atoms with Gasteiger partial charge in [0.15, 0.2) is 16.7 Å². The first-order chi connectivity index (χ1) is 16.6. The van der Waals surface area contributed by atoms with Gasteiger partial charge in [0.05, 0.1) is 27.9 Å². The molecule has 1 N–H and O–H groups in total. The number of phenolic OH excluding ortho intramolecular Hbond substituents is 1. The molecule has 0 aromatic heterocycles. The third-order valence-corrected chi connectivity index (χ3v) is 6.61. The van der Waals surface area contributed by atoms with Gasteiger partial charge in [0.25, 0.3) is 5.91 Å². The molecular weight excluding hydrogens is 480 g/mol. The van der Waals surface area contributed by atoms with Crippen molar-refractivity contribution < 1.29 is 14.6 Å². The predicted molar refractivity (Wildman–Crippen MR) is 146 cm³/mol. The van der Waals surface area contributed by atoms with Crippen molar-refractivity contribution >= 4 is 51.9 Å². The lowest BCUT2D eigenvalue weighted by Gasteiger charge is -2.17. The Balaban J connectivity index is 1.83. The number of hydrogen-bond donors (Lipinski definition) is 1. The Labute approximate surface area is 215 Å². The molecule has 0 bridgehead atoms. The average molecular weight is 507 g/mol. The van der Waals surface area contributed by atoms with Gasteiger partial charge in [0.2, 0.25) is 0 Å². The molecule has 0 atom stereocenters. The van der Waals surface area contributed by atoms with Crippen LogP contribution in [0.3, 0.4) is 0 Å². The smallest absolute Gasteiger partial charge is 0.271 e. The molecule has 3 aromatic carbocycles. The molecule has 35 heavy (non-hydrogen) atoms. The fourth-order valence-electron chi connectivity index (χ4n) is 4.08. The molecule has 0 radical (unpaired) electrons. The molecule has 0 unspecified atom stereocenters. The number of rotatable bonds is 5. The van der Waals surface area contributed by atoms with Crippen LogP contribution in [0.25, 0.3) is 6.08 Å². The van der Waals surface area contributed by atoms with Crippen molar-refractivity contribution in [1.82, 2.24) is 0 Å². The van der Waals surface area contributed by atoms with Crippen molar-refractivity contribution in [2.75, 3.05) is 11.5 Å². The molecule has 1 saturated heterocycles. The Hall–Kier alpha value is -3.22. The summed E-state index contributed by atoms with van der Waals surface area (Å²) in [5.41, 5.74) is 6.55. The second-order valence-electron chi connectivity index (χ2n) is 8.62. The van der Waals surface area contributed by atoms with Gasteiger partial charge in [0, 0.05) is 0 Å². The van der Waals surface area contributed by atoms with Crippen LogP contribution in [0.2, 0.25) is 5.02 Å². The van der Waals surface area contributed by atoms with Gasteiger partial charge in [-0.3, -0.25) is 9.69 Å². The number of phenols is 1. The maximum absolute atomic E-state index is 13.7. The van der Waals surface area contributed by atoms with E-state index in [1.54, 1.807) is 23.1 Å². The first-order valence-electron chi connectivity index (χ1n) is 11.3. The van der Waals surface area contributed by atoms with E-state index in [0.29, 0.717) is 22.2 Å². The number of carbonyl (C=O) groups is 1. The van der Waals surface area contributed by atoms with Gasteiger partial charge in [-0.15, -0.1) is 0 Å². The Morgan fingerprint density at radius 3 is 2.17 bits per heavy atom. The second kappa shape index (κ2) is 10.2. The maximum atomic E-state index is 13.7. The fraction of sp³-hybridized carbons (Fsp3) is 0.214. The van der Waals surface area contributed by atoms with Gasteiger partial charge < -0.3 is 9.84 Å². The standard InChI is InChI=1S/C28H27ClN2O3S/c1-6-34-24-14-20(13-23(29)26(24)32)15-25-27(33)31(22-11-18(4)8-19(5)12-22)28(35-25)30-21-9-16(2)7-17(3)10-21/h7-15,32H,6H2,1-5H3. The van der Waals surface area contributed by atoms with E-state index in [-0.39, 0.29) is 22.4 Å². The van der Waals surface area contributed by atoms with Gasteiger partial charge in [-0.25, -0.2) is 4.99 Å². The van der Waals surface area contributed by atoms with E-state index >= 15 is 0 Å². The van der Waals surface area contributed by atoms with E-state index in [1.165, 1.54) is 11.8 Å². The minimum atomic E-state index is -0.176. The fourth-order valence-corrected chi connectivity index (χ4v) is 5.30. The van der Waals surface area contributed by atoms with Gasteiger partial charge in [-0.05, 0) is 117 Å². The molecule has 3 aromatic rings. The van der Waals surface area contributed by atoms with Crippen LogP contribution >= 0.6 is 23.4 Å². The molecule has 0 spiro atoms. The van der Waals surface area contributed by atoms with E-state index in [2.05, 4.69) is 12.1 Å². The molecule has 1 fully saturated rings. The molecule has 1 heterocycles. The zero-order valence-electron chi connectivity index (χ0n) is 20.3. The Morgan fingerprint density at radius 1 is 0.971 bits per heavy atom. The number of anilines is 1. The van der Waals surface area contributed by atoms with Crippen LogP contribution in [0.15, 0.2) is 58.4 Å². The minimum Gasteiger partial charge on any atom is -0.503 e. The number of amidine groups is 1. The lowest BCUT2D eigenvalue weighted by Crippen LogP contribution is -2.28. The Kier molecular flexibility index (Phi) is 7.24. The van der Waals surface area contributed by atoms with Crippen molar-refractivity contribution in [2.24, 2.45) is 4.99 Å². The number of aryl methyl sites for hydroxylation is 4. The Bertz CT molecular complexity index is 1340.